The molecule has 0 spiro atoms. The summed E-state index contributed by atoms with van der Waals surface area (Å²) in [6.45, 7) is -0.0846. The minimum atomic E-state index is -0.761. The van der Waals surface area contributed by atoms with Gasteiger partial charge in [0.25, 0.3) is 5.91 Å². The van der Waals surface area contributed by atoms with Gasteiger partial charge in [-0.25, -0.2) is 18.7 Å². The van der Waals surface area contributed by atoms with Crippen molar-refractivity contribution in [3.05, 3.63) is 64.5 Å². The average molecular weight is 403 g/mol. The Kier molecular flexibility index (Phi) is 4.44. The predicted octanol–water partition coefficient (Wildman–Crippen LogP) is 2.98. The molecule has 0 aliphatic heterocycles. The summed E-state index contributed by atoms with van der Waals surface area (Å²) >= 11 is 6.26. The fraction of sp³-hybridized carbons (Fsp3) is 0.111. The van der Waals surface area contributed by atoms with Gasteiger partial charge in [-0.3, -0.25) is 4.79 Å². The number of hydrogen-bond donors (Lipinski definition) is 1. The van der Waals surface area contributed by atoms with E-state index >= 15 is 0 Å². The van der Waals surface area contributed by atoms with Gasteiger partial charge in [-0.15, -0.1) is 0 Å². The van der Waals surface area contributed by atoms with Crippen molar-refractivity contribution in [2.75, 3.05) is 7.11 Å². The van der Waals surface area contributed by atoms with Gasteiger partial charge in [0.15, 0.2) is 11.2 Å². The van der Waals surface area contributed by atoms with Crippen LogP contribution in [0.2, 0.25) is 5.02 Å². The summed E-state index contributed by atoms with van der Waals surface area (Å²) in [5.74, 6) is -1.69. The molecule has 0 aliphatic rings. The molecule has 1 N–H and O–H groups in total. The highest BCUT2D eigenvalue weighted by Crippen LogP contribution is 2.33. The molecule has 0 saturated carbocycles. The lowest BCUT2D eigenvalue weighted by molar-refractivity contribution is 0.0601. The van der Waals surface area contributed by atoms with E-state index in [1.807, 2.05) is 0 Å². The van der Waals surface area contributed by atoms with E-state index < -0.39 is 17.7 Å². The van der Waals surface area contributed by atoms with Crippen molar-refractivity contribution in [2.45, 2.75) is 6.54 Å². The largest absolute Gasteiger partial charge is 0.465 e. The van der Waals surface area contributed by atoms with Crippen LogP contribution in [0, 0.1) is 5.82 Å². The standard InChI is InChI=1S/C18H12ClFN4O4/c1-27-18(26)11-6-9(20)5-10-14(19)13(28-15(10)11)8-22-17(25)12-7-23-24-4-2-3-21-16(12)24/h2-7H,8H2,1H3,(H,22,25). The molecule has 28 heavy (non-hydrogen) atoms. The van der Waals surface area contributed by atoms with E-state index in [-0.39, 0.29) is 39.4 Å². The first-order valence-electron chi connectivity index (χ1n) is 8.05. The summed E-state index contributed by atoms with van der Waals surface area (Å²) in [5, 5.41) is 7.01. The van der Waals surface area contributed by atoms with E-state index in [4.69, 9.17) is 16.0 Å². The van der Waals surface area contributed by atoms with Crippen molar-refractivity contribution in [1.29, 1.82) is 0 Å². The lowest BCUT2D eigenvalue weighted by Crippen LogP contribution is -2.22. The van der Waals surface area contributed by atoms with Gasteiger partial charge in [-0.05, 0) is 18.2 Å². The molecule has 142 valence electrons. The first-order valence-corrected chi connectivity index (χ1v) is 8.42. The van der Waals surface area contributed by atoms with Crippen LogP contribution in [0.3, 0.4) is 0 Å². The number of carbonyl (C=O) groups excluding carboxylic acids is 2. The highest BCUT2D eigenvalue weighted by Gasteiger charge is 2.22. The fourth-order valence-corrected chi connectivity index (χ4v) is 3.05. The zero-order valence-corrected chi connectivity index (χ0v) is 15.2. The van der Waals surface area contributed by atoms with Crippen LogP contribution >= 0.6 is 11.6 Å². The number of methoxy groups -OCH3 is 1. The van der Waals surface area contributed by atoms with Crippen molar-refractivity contribution < 1.29 is 23.1 Å². The van der Waals surface area contributed by atoms with E-state index in [1.165, 1.54) is 17.8 Å². The first-order chi connectivity index (χ1) is 13.5. The number of aromatic nitrogens is 3. The summed E-state index contributed by atoms with van der Waals surface area (Å²) in [4.78, 5) is 28.5. The molecule has 0 unspecified atom stereocenters. The molecule has 0 fully saturated rings. The van der Waals surface area contributed by atoms with Crippen LogP contribution in [0.4, 0.5) is 4.39 Å². The predicted molar refractivity (Wildman–Crippen MR) is 96.7 cm³/mol. The summed E-state index contributed by atoms with van der Waals surface area (Å²) < 4.78 is 25.6. The van der Waals surface area contributed by atoms with Crippen molar-refractivity contribution in [3.63, 3.8) is 0 Å². The molecule has 0 aliphatic carbocycles. The first kappa shape index (κ1) is 17.9. The lowest BCUT2D eigenvalue weighted by Gasteiger charge is -2.02. The van der Waals surface area contributed by atoms with E-state index in [9.17, 15) is 14.0 Å². The van der Waals surface area contributed by atoms with E-state index in [2.05, 4.69) is 20.1 Å². The molecule has 0 atom stereocenters. The topological polar surface area (TPSA) is 98.7 Å². The monoisotopic (exact) mass is 402 g/mol. The number of amides is 1. The second kappa shape index (κ2) is 6.93. The maximum absolute atomic E-state index is 13.8. The molecular weight excluding hydrogens is 391 g/mol. The molecule has 0 bridgehead atoms. The van der Waals surface area contributed by atoms with Gasteiger partial charge in [0.1, 0.15) is 22.7 Å². The number of ether oxygens (including phenoxy) is 1. The van der Waals surface area contributed by atoms with Gasteiger partial charge in [0.05, 0.1) is 24.9 Å². The Hall–Kier alpha value is -3.46. The lowest BCUT2D eigenvalue weighted by atomic mass is 10.1. The Bertz CT molecular complexity index is 1230. The van der Waals surface area contributed by atoms with Crippen LogP contribution < -0.4 is 5.32 Å². The minimum absolute atomic E-state index is 0.0835. The number of hydrogen-bond acceptors (Lipinski definition) is 6. The molecular formula is C18H12ClFN4O4. The maximum atomic E-state index is 13.8. The van der Waals surface area contributed by atoms with Gasteiger partial charge in [-0.1, -0.05) is 11.6 Å². The number of nitrogens with one attached hydrogen (secondary N) is 1. The zero-order chi connectivity index (χ0) is 19.8. The molecule has 0 saturated heterocycles. The third-order valence-corrected chi connectivity index (χ3v) is 4.51. The number of benzene rings is 1. The number of furan rings is 1. The summed E-state index contributed by atoms with van der Waals surface area (Å²) in [6.07, 6.45) is 4.60. The van der Waals surface area contributed by atoms with E-state index in [0.717, 1.165) is 12.1 Å². The van der Waals surface area contributed by atoms with Gasteiger partial charge in [0.2, 0.25) is 0 Å². The summed E-state index contributed by atoms with van der Waals surface area (Å²) in [5.41, 5.74) is 0.656. The Morgan fingerprint density at radius 2 is 2.18 bits per heavy atom. The van der Waals surface area contributed by atoms with Crippen molar-refractivity contribution in [3.8, 4) is 0 Å². The van der Waals surface area contributed by atoms with Gasteiger partial charge >= 0.3 is 5.97 Å². The maximum Gasteiger partial charge on any atom is 0.341 e. The number of esters is 1. The van der Waals surface area contributed by atoms with Gasteiger partial charge < -0.3 is 14.5 Å². The molecule has 1 aromatic carbocycles. The Balaban J connectivity index is 1.64. The Labute approximate surface area is 161 Å². The third-order valence-electron chi connectivity index (χ3n) is 4.10. The van der Waals surface area contributed by atoms with Gasteiger partial charge in [0, 0.05) is 17.8 Å². The van der Waals surface area contributed by atoms with Crippen molar-refractivity contribution in [2.24, 2.45) is 0 Å². The molecule has 4 rings (SSSR count). The number of rotatable bonds is 4. The molecule has 4 aromatic rings. The number of halogens is 2. The third kappa shape index (κ3) is 2.95. The summed E-state index contributed by atoms with van der Waals surface area (Å²) in [6, 6.07) is 3.84. The minimum Gasteiger partial charge on any atom is -0.465 e. The summed E-state index contributed by atoms with van der Waals surface area (Å²) in [7, 11) is 1.18. The highest BCUT2D eigenvalue weighted by atomic mass is 35.5. The van der Waals surface area contributed by atoms with E-state index in [0.29, 0.717) is 5.65 Å². The van der Waals surface area contributed by atoms with Gasteiger partial charge in [-0.2, -0.15) is 5.10 Å². The van der Waals surface area contributed by atoms with Crippen LogP contribution in [0.25, 0.3) is 16.6 Å². The molecule has 0 radical (unpaired) electrons. The smallest absolute Gasteiger partial charge is 0.341 e. The number of fused-ring (bicyclic) bond motifs is 2. The van der Waals surface area contributed by atoms with Crippen molar-refractivity contribution in [1.82, 2.24) is 19.9 Å². The number of carbonyl (C=O) groups is 2. The Morgan fingerprint density at radius 3 is 2.96 bits per heavy atom. The van der Waals surface area contributed by atoms with Crippen molar-refractivity contribution >= 4 is 40.1 Å². The molecule has 3 aromatic heterocycles. The van der Waals surface area contributed by atoms with Crippen LogP contribution in [-0.2, 0) is 11.3 Å². The van der Waals surface area contributed by atoms with Crippen LogP contribution in [0.5, 0.6) is 0 Å². The number of nitrogens with zero attached hydrogens (tertiary/aromatic N) is 3. The van der Waals surface area contributed by atoms with Crippen LogP contribution in [0.15, 0.2) is 41.2 Å². The average Bonchev–Trinajstić information content (AvgIpc) is 3.27. The molecule has 1 amide bonds. The molecule has 8 nitrogen and oxygen atoms in total. The Morgan fingerprint density at radius 1 is 1.36 bits per heavy atom. The van der Waals surface area contributed by atoms with Crippen LogP contribution in [0.1, 0.15) is 26.5 Å². The second-order valence-electron chi connectivity index (χ2n) is 5.79. The quantitative estimate of drug-likeness (QED) is 0.527. The highest BCUT2D eigenvalue weighted by molar-refractivity contribution is 6.36. The van der Waals surface area contributed by atoms with E-state index in [1.54, 1.807) is 18.5 Å². The molecule has 3 heterocycles. The van der Waals surface area contributed by atoms with Crippen LogP contribution in [-0.4, -0.2) is 33.6 Å². The fourth-order valence-electron chi connectivity index (χ4n) is 2.80. The SMILES string of the molecule is COC(=O)c1cc(F)cc2c(Cl)c(CNC(=O)c3cnn4cccnc34)oc12. The normalized spacial score (nSPS) is 11.1. The molecule has 10 heteroatoms. The second-order valence-corrected chi connectivity index (χ2v) is 6.17. The zero-order valence-electron chi connectivity index (χ0n) is 14.4.